The van der Waals surface area contributed by atoms with Crippen molar-refractivity contribution in [1.29, 1.82) is 5.26 Å². The van der Waals surface area contributed by atoms with E-state index in [2.05, 4.69) is 0 Å². The molecular formula is C22H18ClN3O5. The Morgan fingerprint density at radius 1 is 1.29 bits per heavy atom. The van der Waals surface area contributed by atoms with Crippen LogP contribution in [0.15, 0.2) is 57.5 Å². The smallest absolute Gasteiger partial charge is 0.281 e. The summed E-state index contributed by atoms with van der Waals surface area (Å²) in [5.41, 5.74) is 6.12. The van der Waals surface area contributed by atoms with Crippen LogP contribution in [0, 0.1) is 26.9 Å². The van der Waals surface area contributed by atoms with Gasteiger partial charge in [0.2, 0.25) is 5.88 Å². The molecule has 0 saturated heterocycles. The summed E-state index contributed by atoms with van der Waals surface area (Å²) in [5, 5.41) is 21.4. The van der Waals surface area contributed by atoms with Gasteiger partial charge >= 0.3 is 0 Å². The van der Waals surface area contributed by atoms with Crippen molar-refractivity contribution < 1.29 is 18.9 Å². The molecule has 4 rings (SSSR count). The van der Waals surface area contributed by atoms with Gasteiger partial charge in [-0.25, -0.2) is 0 Å². The van der Waals surface area contributed by atoms with Gasteiger partial charge in [0, 0.05) is 29.5 Å². The molecule has 2 N–H and O–H groups in total. The number of halogens is 1. The lowest BCUT2D eigenvalue weighted by molar-refractivity contribution is -0.384. The summed E-state index contributed by atoms with van der Waals surface area (Å²) in [5.74, 6) is -0.135. The van der Waals surface area contributed by atoms with Gasteiger partial charge in [-0.2, -0.15) is 5.26 Å². The predicted molar refractivity (Wildman–Crippen MR) is 112 cm³/mol. The fourth-order valence-electron chi connectivity index (χ4n) is 4.09. The van der Waals surface area contributed by atoms with E-state index in [1.165, 1.54) is 18.2 Å². The summed E-state index contributed by atoms with van der Waals surface area (Å²) >= 11 is 5.90. The molecule has 1 aromatic carbocycles. The third-order valence-corrected chi connectivity index (χ3v) is 5.64. The Kier molecular flexibility index (Phi) is 4.86. The third kappa shape index (κ3) is 3.57. The third-order valence-electron chi connectivity index (χ3n) is 5.41. The number of nitro benzene ring substituents is 1. The largest absolute Gasteiger partial charge is 0.460 e. The number of carbonyl (C=O) groups is 1. The standard InChI is InChI=1S/C22H18ClN3O5/c1-22(2)8-15(27)20-18(9-22)31-21(25)13(10-24)19(20)17-6-5-16(30-17)12-4-3-11(23)7-14(12)26(28)29/h3-7,19H,8-9,25H2,1-2H3. The van der Waals surface area contributed by atoms with Gasteiger partial charge in [0.15, 0.2) is 5.78 Å². The number of benzene rings is 1. The number of furan rings is 1. The maximum Gasteiger partial charge on any atom is 0.281 e. The molecular weight excluding hydrogens is 422 g/mol. The molecule has 0 saturated carbocycles. The number of nitro groups is 1. The first kappa shape index (κ1) is 20.7. The molecule has 0 radical (unpaired) electrons. The van der Waals surface area contributed by atoms with Crippen molar-refractivity contribution in [3.63, 3.8) is 0 Å². The van der Waals surface area contributed by atoms with Crippen molar-refractivity contribution in [1.82, 2.24) is 0 Å². The first-order valence-electron chi connectivity index (χ1n) is 9.49. The molecule has 2 aromatic rings. The molecule has 0 spiro atoms. The lowest BCUT2D eigenvalue weighted by atomic mass is 9.71. The zero-order valence-electron chi connectivity index (χ0n) is 16.8. The Balaban J connectivity index is 1.84. The first-order chi connectivity index (χ1) is 14.6. The molecule has 1 aliphatic heterocycles. The Morgan fingerprint density at radius 3 is 2.71 bits per heavy atom. The summed E-state index contributed by atoms with van der Waals surface area (Å²) < 4.78 is 11.6. The molecule has 8 nitrogen and oxygen atoms in total. The average Bonchev–Trinajstić information content (AvgIpc) is 3.15. The molecule has 2 aliphatic rings. The van der Waals surface area contributed by atoms with E-state index in [4.69, 9.17) is 26.5 Å². The van der Waals surface area contributed by atoms with Gasteiger partial charge in [-0.15, -0.1) is 0 Å². The lowest BCUT2D eigenvalue weighted by Crippen LogP contribution is -2.33. The highest BCUT2D eigenvalue weighted by molar-refractivity contribution is 6.30. The summed E-state index contributed by atoms with van der Waals surface area (Å²) in [7, 11) is 0. The van der Waals surface area contributed by atoms with Gasteiger partial charge in [-0.05, 0) is 29.7 Å². The highest BCUT2D eigenvalue weighted by Gasteiger charge is 2.44. The van der Waals surface area contributed by atoms with Crippen LogP contribution in [0.1, 0.15) is 38.4 Å². The number of Topliss-reactive ketones (excluding diaryl/α,β-unsaturated/α-hetero) is 1. The molecule has 9 heteroatoms. The molecule has 1 unspecified atom stereocenters. The number of rotatable bonds is 3. The molecule has 1 aliphatic carbocycles. The van der Waals surface area contributed by atoms with Gasteiger partial charge in [0.1, 0.15) is 28.9 Å². The van der Waals surface area contributed by atoms with Crippen LogP contribution in [0.5, 0.6) is 0 Å². The Labute approximate surface area is 182 Å². The predicted octanol–water partition coefficient (Wildman–Crippen LogP) is 4.96. The second kappa shape index (κ2) is 7.29. The quantitative estimate of drug-likeness (QED) is 0.527. The number of ether oxygens (including phenoxy) is 1. The Hall–Kier alpha value is -3.57. The number of nitrogens with two attached hydrogens (primary N) is 1. The molecule has 0 amide bonds. The van der Waals surface area contributed by atoms with E-state index < -0.39 is 10.8 Å². The number of carbonyl (C=O) groups excluding carboxylic acids is 1. The van der Waals surface area contributed by atoms with Crippen LogP contribution < -0.4 is 5.73 Å². The second-order valence-corrected chi connectivity index (χ2v) is 8.76. The van der Waals surface area contributed by atoms with E-state index in [1.54, 1.807) is 12.1 Å². The van der Waals surface area contributed by atoms with Gasteiger partial charge in [0.25, 0.3) is 5.69 Å². The number of allylic oxidation sites excluding steroid dienone is 3. The van der Waals surface area contributed by atoms with E-state index in [0.717, 1.165) is 0 Å². The van der Waals surface area contributed by atoms with Crippen LogP contribution >= 0.6 is 11.6 Å². The average molecular weight is 440 g/mol. The molecule has 158 valence electrons. The molecule has 0 bridgehead atoms. The van der Waals surface area contributed by atoms with Crippen LogP contribution in [-0.4, -0.2) is 10.7 Å². The fourth-order valence-corrected chi connectivity index (χ4v) is 4.25. The summed E-state index contributed by atoms with van der Waals surface area (Å²) in [6.45, 7) is 3.91. The van der Waals surface area contributed by atoms with E-state index in [9.17, 15) is 20.2 Å². The van der Waals surface area contributed by atoms with Crippen LogP contribution in [-0.2, 0) is 9.53 Å². The maximum atomic E-state index is 13.0. The zero-order chi connectivity index (χ0) is 22.5. The zero-order valence-corrected chi connectivity index (χ0v) is 17.5. The minimum atomic E-state index is -0.836. The van der Waals surface area contributed by atoms with Crippen molar-refractivity contribution in [2.24, 2.45) is 11.1 Å². The van der Waals surface area contributed by atoms with Crippen molar-refractivity contribution in [3.05, 3.63) is 74.0 Å². The molecule has 2 heterocycles. The molecule has 1 atom stereocenters. The molecule has 0 fully saturated rings. The van der Waals surface area contributed by atoms with Gasteiger partial charge < -0.3 is 14.9 Å². The highest BCUT2D eigenvalue weighted by atomic mass is 35.5. The highest BCUT2D eigenvalue weighted by Crippen LogP contribution is 2.48. The lowest BCUT2D eigenvalue weighted by Gasteiger charge is -2.36. The monoisotopic (exact) mass is 439 g/mol. The van der Waals surface area contributed by atoms with Crippen molar-refractivity contribution >= 4 is 23.1 Å². The fraction of sp³-hybridized carbons (Fsp3) is 0.273. The number of hydrogen-bond acceptors (Lipinski definition) is 7. The SMILES string of the molecule is CC1(C)CC(=O)C2=C(C1)OC(N)=C(C#N)C2c1ccc(-c2ccc(Cl)cc2[N+](=O)[O-])o1. The van der Waals surface area contributed by atoms with Gasteiger partial charge in [-0.3, -0.25) is 14.9 Å². The van der Waals surface area contributed by atoms with E-state index in [0.29, 0.717) is 24.2 Å². The van der Waals surface area contributed by atoms with E-state index in [-0.39, 0.29) is 50.4 Å². The molecule has 1 aromatic heterocycles. The minimum absolute atomic E-state index is 0.0679. The summed E-state index contributed by atoms with van der Waals surface area (Å²) in [6, 6.07) is 9.41. The normalized spacial score (nSPS) is 20.2. The van der Waals surface area contributed by atoms with Crippen LogP contribution in [0.4, 0.5) is 5.69 Å². The van der Waals surface area contributed by atoms with Crippen molar-refractivity contribution in [2.75, 3.05) is 0 Å². The molecule has 31 heavy (non-hydrogen) atoms. The van der Waals surface area contributed by atoms with Crippen LogP contribution in [0.25, 0.3) is 11.3 Å². The summed E-state index contributed by atoms with van der Waals surface area (Å²) in [6.07, 6.45) is 0.779. The van der Waals surface area contributed by atoms with E-state index >= 15 is 0 Å². The number of nitrogens with zero attached hydrogens (tertiary/aromatic N) is 2. The summed E-state index contributed by atoms with van der Waals surface area (Å²) in [4.78, 5) is 23.9. The van der Waals surface area contributed by atoms with Gasteiger partial charge in [-0.1, -0.05) is 25.4 Å². The van der Waals surface area contributed by atoms with Gasteiger partial charge in [0.05, 0.1) is 16.4 Å². The van der Waals surface area contributed by atoms with Crippen LogP contribution in [0.3, 0.4) is 0 Å². The minimum Gasteiger partial charge on any atom is -0.460 e. The van der Waals surface area contributed by atoms with E-state index in [1.807, 2.05) is 19.9 Å². The number of ketones is 1. The Morgan fingerprint density at radius 2 is 2.03 bits per heavy atom. The maximum absolute atomic E-state index is 13.0. The number of nitriles is 1. The second-order valence-electron chi connectivity index (χ2n) is 8.32. The van der Waals surface area contributed by atoms with Crippen molar-refractivity contribution in [3.8, 4) is 17.4 Å². The van der Waals surface area contributed by atoms with Crippen molar-refractivity contribution in [2.45, 2.75) is 32.6 Å². The Bertz CT molecular complexity index is 1230. The number of hydrogen-bond donors (Lipinski definition) is 1. The topological polar surface area (TPSA) is 132 Å². The van der Waals surface area contributed by atoms with Crippen LogP contribution in [0.2, 0.25) is 5.02 Å². The first-order valence-corrected chi connectivity index (χ1v) is 9.87.